The topological polar surface area (TPSA) is 39.1 Å². The molecule has 0 saturated carbocycles. The molecule has 0 fully saturated rings. The molecule has 1 N–H and O–H groups in total. The molecule has 2 rings (SSSR count). The Bertz CT molecular complexity index is 506. The van der Waals surface area contributed by atoms with Crippen molar-refractivity contribution in [3.63, 3.8) is 0 Å². The molecule has 2 aromatic rings. The molecule has 108 valence electrons. The number of hydrogen-bond donors (Lipinski definition) is 1. The summed E-state index contributed by atoms with van der Waals surface area (Å²) in [4.78, 5) is 1.27. The summed E-state index contributed by atoms with van der Waals surface area (Å²) in [5.41, 5.74) is 1.11. The van der Waals surface area contributed by atoms with Crippen molar-refractivity contribution in [3.05, 3.63) is 42.2 Å². The second-order valence-corrected chi connectivity index (χ2v) is 5.47. The zero-order chi connectivity index (χ0) is 14.4. The molecule has 0 radical (unpaired) electrons. The average Bonchev–Trinajstić information content (AvgIpc) is 2.92. The maximum Gasteiger partial charge on any atom is 0.161 e. The highest BCUT2D eigenvalue weighted by Gasteiger charge is 2.20. The Labute approximate surface area is 124 Å². The third-order valence-electron chi connectivity index (χ3n) is 3.20. The van der Waals surface area contributed by atoms with Gasteiger partial charge >= 0.3 is 0 Å². The lowest BCUT2D eigenvalue weighted by molar-refractivity contribution is 0.399. The number of ether oxygens (including phenoxy) is 1. The lowest BCUT2D eigenvalue weighted by Gasteiger charge is -2.18. The van der Waals surface area contributed by atoms with Gasteiger partial charge < -0.3 is 10.1 Å². The van der Waals surface area contributed by atoms with Gasteiger partial charge in [0.15, 0.2) is 5.75 Å². The van der Waals surface area contributed by atoms with E-state index in [1.54, 1.807) is 13.3 Å². The van der Waals surface area contributed by atoms with Crippen LogP contribution in [0.3, 0.4) is 0 Å². The van der Waals surface area contributed by atoms with E-state index in [1.807, 2.05) is 29.6 Å². The molecule has 0 amide bonds. The first kappa shape index (κ1) is 14.9. The fourth-order valence-corrected chi connectivity index (χ4v) is 3.17. The monoisotopic (exact) mass is 291 g/mol. The summed E-state index contributed by atoms with van der Waals surface area (Å²) in [5, 5.41) is 7.73. The van der Waals surface area contributed by atoms with Crippen LogP contribution >= 0.6 is 11.8 Å². The Morgan fingerprint density at radius 3 is 2.70 bits per heavy atom. The van der Waals surface area contributed by atoms with Gasteiger partial charge in [-0.1, -0.05) is 18.2 Å². The molecule has 1 atom stereocenters. The molecular formula is C15H21N3OS. The van der Waals surface area contributed by atoms with Crippen LogP contribution in [0.15, 0.2) is 41.4 Å². The summed E-state index contributed by atoms with van der Waals surface area (Å²) in [5.74, 6) is 1.78. The number of thioether (sulfide) groups is 1. The van der Waals surface area contributed by atoms with Crippen molar-refractivity contribution in [1.82, 2.24) is 15.1 Å². The summed E-state index contributed by atoms with van der Waals surface area (Å²) in [6, 6.07) is 10.6. The second-order valence-electron chi connectivity index (χ2n) is 4.38. The number of aryl methyl sites for hydroxylation is 1. The highest BCUT2D eigenvalue weighted by molar-refractivity contribution is 7.99. The molecular weight excluding hydrogens is 270 g/mol. The average molecular weight is 291 g/mol. The normalized spacial score (nSPS) is 12.3. The van der Waals surface area contributed by atoms with Crippen LogP contribution in [-0.2, 0) is 6.54 Å². The first-order valence-electron chi connectivity index (χ1n) is 6.75. The molecule has 0 aliphatic heterocycles. The molecule has 0 aliphatic carbocycles. The SMILES string of the molecule is CCn1ncc(OC)c1C(CSc1ccccc1)NC. The molecule has 1 aromatic heterocycles. The predicted octanol–water partition coefficient (Wildman–Crippen LogP) is 2.96. The fraction of sp³-hybridized carbons (Fsp3) is 0.400. The van der Waals surface area contributed by atoms with Gasteiger partial charge in [0.1, 0.15) is 0 Å². The van der Waals surface area contributed by atoms with Gasteiger partial charge in [-0.25, -0.2) is 0 Å². The molecule has 5 heteroatoms. The van der Waals surface area contributed by atoms with E-state index in [1.165, 1.54) is 4.90 Å². The molecule has 1 heterocycles. The number of benzene rings is 1. The van der Waals surface area contributed by atoms with Crippen LogP contribution in [0, 0.1) is 0 Å². The molecule has 20 heavy (non-hydrogen) atoms. The number of aromatic nitrogens is 2. The first-order valence-corrected chi connectivity index (χ1v) is 7.73. The summed E-state index contributed by atoms with van der Waals surface area (Å²) < 4.78 is 7.42. The van der Waals surface area contributed by atoms with Crippen LogP contribution in [0.5, 0.6) is 5.75 Å². The maximum absolute atomic E-state index is 5.43. The summed E-state index contributed by atoms with van der Waals surface area (Å²) in [6.07, 6.45) is 1.79. The van der Waals surface area contributed by atoms with E-state index in [-0.39, 0.29) is 6.04 Å². The van der Waals surface area contributed by atoms with E-state index in [0.29, 0.717) is 0 Å². The standard InChI is InChI=1S/C15H21N3OS/c1-4-18-15(14(19-3)10-17-18)13(16-2)11-20-12-8-6-5-7-9-12/h5-10,13,16H,4,11H2,1-3H3. The number of rotatable bonds is 7. The van der Waals surface area contributed by atoms with Gasteiger partial charge in [-0.05, 0) is 26.1 Å². The Kier molecular flexibility index (Phi) is 5.49. The van der Waals surface area contributed by atoms with E-state index in [4.69, 9.17) is 4.74 Å². The highest BCUT2D eigenvalue weighted by atomic mass is 32.2. The quantitative estimate of drug-likeness (QED) is 0.796. The fourth-order valence-electron chi connectivity index (χ4n) is 2.13. The number of methoxy groups -OCH3 is 1. The molecule has 0 saturated heterocycles. The van der Waals surface area contributed by atoms with E-state index in [9.17, 15) is 0 Å². The Morgan fingerprint density at radius 1 is 1.35 bits per heavy atom. The van der Waals surface area contributed by atoms with Gasteiger partial charge in [-0.2, -0.15) is 5.10 Å². The van der Waals surface area contributed by atoms with Gasteiger partial charge in [0.2, 0.25) is 0 Å². The Balaban J connectivity index is 2.13. The minimum Gasteiger partial charge on any atom is -0.493 e. The Hall–Kier alpha value is -1.46. The zero-order valence-electron chi connectivity index (χ0n) is 12.2. The van der Waals surface area contributed by atoms with E-state index >= 15 is 0 Å². The van der Waals surface area contributed by atoms with Crippen LogP contribution in [0.1, 0.15) is 18.7 Å². The molecule has 0 spiro atoms. The van der Waals surface area contributed by atoms with Crippen LogP contribution in [0.2, 0.25) is 0 Å². The predicted molar refractivity (Wildman–Crippen MR) is 83.4 cm³/mol. The van der Waals surface area contributed by atoms with Crippen molar-refractivity contribution in [2.75, 3.05) is 19.9 Å². The van der Waals surface area contributed by atoms with Gasteiger partial charge in [0.05, 0.1) is 25.0 Å². The highest BCUT2D eigenvalue weighted by Crippen LogP contribution is 2.29. The van der Waals surface area contributed by atoms with E-state index in [0.717, 1.165) is 23.7 Å². The van der Waals surface area contributed by atoms with Gasteiger partial charge in [-0.3, -0.25) is 4.68 Å². The van der Waals surface area contributed by atoms with Crippen LogP contribution in [0.25, 0.3) is 0 Å². The smallest absolute Gasteiger partial charge is 0.161 e. The number of nitrogens with one attached hydrogen (secondary N) is 1. The first-order chi connectivity index (χ1) is 9.80. The van der Waals surface area contributed by atoms with Crippen LogP contribution in [-0.4, -0.2) is 29.7 Å². The van der Waals surface area contributed by atoms with Gasteiger partial charge in [-0.15, -0.1) is 11.8 Å². The summed E-state index contributed by atoms with van der Waals surface area (Å²) in [7, 11) is 3.67. The van der Waals surface area contributed by atoms with Crippen LogP contribution in [0.4, 0.5) is 0 Å². The number of hydrogen-bond acceptors (Lipinski definition) is 4. The zero-order valence-corrected chi connectivity index (χ0v) is 13.0. The van der Waals surface area contributed by atoms with Crippen molar-refractivity contribution >= 4 is 11.8 Å². The minimum atomic E-state index is 0.206. The lowest BCUT2D eigenvalue weighted by atomic mass is 10.2. The second kappa shape index (κ2) is 7.36. The van der Waals surface area contributed by atoms with Crippen molar-refractivity contribution in [2.45, 2.75) is 24.4 Å². The molecule has 1 aromatic carbocycles. The largest absolute Gasteiger partial charge is 0.493 e. The molecule has 4 nitrogen and oxygen atoms in total. The van der Waals surface area contributed by atoms with Crippen molar-refractivity contribution in [2.24, 2.45) is 0 Å². The Morgan fingerprint density at radius 2 is 2.10 bits per heavy atom. The number of nitrogens with zero attached hydrogens (tertiary/aromatic N) is 2. The van der Waals surface area contributed by atoms with Crippen molar-refractivity contribution in [3.8, 4) is 5.75 Å². The summed E-state index contributed by atoms with van der Waals surface area (Å²) in [6.45, 7) is 2.93. The van der Waals surface area contributed by atoms with Gasteiger partial charge in [0.25, 0.3) is 0 Å². The summed E-state index contributed by atoms with van der Waals surface area (Å²) >= 11 is 1.83. The molecule has 1 unspecified atom stereocenters. The van der Waals surface area contributed by atoms with E-state index < -0.39 is 0 Å². The minimum absolute atomic E-state index is 0.206. The third-order valence-corrected chi connectivity index (χ3v) is 4.31. The van der Waals surface area contributed by atoms with Crippen molar-refractivity contribution < 1.29 is 4.74 Å². The van der Waals surface area contributed by atoms with Gasteiger partial charge in [0, 0.05) is 17.2 Å². The third kappa shape index (κ3) is 3.35. The maximum atomic E-state index is 5.43. The lowest BCUT2D eigenvalue weighted by Crippen LogP contribution is -2.23. The van der Waals surface area contributed by atoms with E-state index in [2.05, 4.69) is 41.6 Å². The van der Waals surface area contributed by atoms with Crippen LogP contribution < -0.4 is 10.1 Å². The van der Waals surface area contributed by atoms with Crippen molar-refractivity contribution in [1.29, 1.82) is 0 Å². The molecule has 0 aliphatic rings. The molecule has 0 bridgehead atoms.